The SMILES string of the molecule is CCn1nccc1C1CCCN1S(=O)(=O)c1cc(F)ccc1F. The Hall–Kier alpha value is -1.80. The molecule has 1 saturated heterocycles. The van der Waals surface area contributed by atoms with Crippen LogP contribution < -0.4 is 0 Å². The third-order valence-electron chi connectivity index (χ3n) is 4.07. The summed E-state index contributed by atoms with van der Waals surface area (Å²) in [6.45, 7) is 2.80. The van der Waals surface area contributed by atoms with Crippen LogP contribution >= 0.6 is 0 Å². The third-order valence-corrected chi connectivity index (χ3v) is 6.00. The highest BCUT2D eigenvalue weighted by Crippen LogP contribution is 2.37. The molecule has 124 valence electrons. The van der Waals surface area contributed by atoms with E-state index < -0.39 is 32.6 Å². The van der Waals surface area contributed by atoms with Crippen molar-refractivity contribution in [2.24, 2.45) is 0 Å². The summed E-state index contributed by atoms with van der Waals surface area (Å²) < 4.78 is 55.9. The summed E-state index contributed by atoms with van der Waals surface area (Å²) in [6.07, 6.45) is 2.91. The number of hydrogen-bond acceptors (Lipinski definition) is 3. The maximum Gasteiger partial charge on any atom is 0.246 e. The third kappa shape index (κ3) is 2.76. The van der Waals surface area contributed by atoms with Crippen molar-refractivity contribution in [3.05, 3.63) is 47.8 Å². The summed E-state index contributed by atoms with van der Waals surface area (Å²) in [5.74, 6) is -1.72. The monoisotopic (exact) mass is 341 g/mol. The summed E-state index contributed by atoms with van der Waals surface area (Å²) in [4.78, 5) is -0.619. The van der Waals surface area contributed by atoms with Gasteiger partial charge in [-0.25, -0.2) is 17.2 Å². The van der Waals surface area contributed by atoms with Crippen molar-refractivity contribution in [1.82, 2.24) is 14.1 Å². The van der Waals surface area contributed by atoms with Crippen LogP contribution in [0.5, 0.6) is 0 Å². The lowest BCUT2D eigenvalue weighted by Crippen LogP contribution is -2.32. The van der Waals surface area contributed by atoms with E-state index in [1.54, 1.807) is 16.9 Å². The summed E-state index contributed by atoms with van der Waals surface area (Å²) >= 11 is 0. The van der Waals surface area contributed by atoms with Gasteiger partial charge in [-0.15, -0.1) is 0 Å². The van der Waals surface area contributed by atoms with E-state index in [0.717, 1.165) is 23.9 Å². The average Bonchev–Trinajstić information content (AvgIpc) is 3.16. The molecule has 2 heterocycles. The van der Waals surface area contributed by atoms with E-state index in [2.05, 4.69) is 5.10 Å². The largest absolute Gasteiger partial charge is 0.268 e. The number of sulfonamides is 1. The molecule has 0 amide bonds. The second kappa shape index (κ2) is 6.01. The van der Waals surface area contributed by atoms with E-state index in [0.29, 0.717) is 19.4 Å². The Bertz CT molecular complexity index is 820. The van der Waals surface area contributed by atoms with Gasteiger partial charge in [0.15, 0.2) is 0 Å². The van der Waals surface area contributed by atoms with Gasteiger partial charge in [-0.2, -0.15) is 9.40 Å². The van der Waals surface area contributed by atoms with Crippen LogP contribution in [0.25, 0.3) is 0 Å². The van der Waals surface area contributed by atoms with Crippen molar-refractivity contribution in [3.63, 3.8) is 0 Å². The molecule has 0 saturated carbocycles. The summed E-state index contributed by atoms with van der Waals surface area (Å²) in [6, 6.07) is 3.83. The zero-order valence-corrected chi connectivity index (χ0v) is 13.4. The van der Waals surface area contributed by atoms with Crippen molar-refractivity contribution in [3.8, 4) is 0 Å². The number of hydrogen-bond donors (Lipinski definition) is 0. The lowest BCUT2D eigenvalue weighted by Gasteiger charge is -2.24. The topological polar surface area (TPSA) is 55.2 Å². The lowest BCUT2D eigenvalue weighted by molar-refractivity contribution is 0.373. The number of aryl methyl sites for hydroxylation is 1. The molecule has 23 heavy (non-hydrogen) atoms. The Morgan fingerprint density at radius 3 is 2.83 bits per heavy atom. The number of rotatable bonds is 4. The van der Waals surface area contributed by atoms with Gasteiger partial charge < -0.3 is 0 Å². The number of aromatic nitrogens is 2. The van der Waals surface area contributed by atoms with Crippen molar-refractivity contribution >= 4 is 10.0 Å². The van der Waals surface area contributed by atoms with E-state index in [1.165, 1.54) is 4.31 Å². The standard InChI is InChI=1S/C15H17F2N3O2S/c1-2-19-13(7-8-18-19)14-4-3-9-20(14)23(21,22)15-10-11(16)5-6-12(15)17/h5-8,10,14H,2-4,9H2,1H3. The van der Waals surface area contributed by atoms with Crippen molar-refractivity contribution in [2.45, 2.75) is 37.2 Å². The van der Waals surface area contributed by atoms with Gasteiger partial charge in [-0.3, -0.25) is 4.68 Å². The molecule has 1 aliphatic rings. The Morgan fingerprint density at radius 2 is 2.09 bits per heavy atom. The summed E-state index contributed by atoms with van der Waals surface area (Å²) in [5, 5.41) is 4.16. The van der Waals surface area contributed by atoms with Crippen molar-refractivity contribution in [1.29, 1.82) is 0 Å². The summed E-state index contributed by atoms with van der Waals surface area (Å²) in [7, 11) is -4.11. The first kappa shape index (κ1) is 16.1. The molecular weight excluding hydrogens is 324 g/mol. The number of nitrogens with zero attached hydrogens (tertiary/aromatic N) is 3. The molecule has 1 aromatic carbocycles. The quantitative estimate of drug-likeness (QED) is 0.859. The molecule has 0 radical (unpaired) electrons. The minimum absolute atomic E-state index is 0.276. The first-order valence-corrected chi connectivity index (χ1v) is 8.87. The van der Waals surface area contributed by atoms with Crippen LogP contribution in [0.15, 0.2) is 35.4 Å². The molecule has 1 fully saturated rings. The van der Waals surface area contributed by atoms with Crippen LogP contribution in [0.4, 0.5) is 8.78 Å². The fraction of sp³-hybridized carbons (Fsp3) is 0.400. The first-order chi connectivity index (χ1) is 10.9. The molecule has 1 aliphatic heterocycles. The first-order valence-electron chi connectivity index (χ1n) is 7.43. The van der Waals surface area contributed by atoms with Gasteiger partial charge in [-0.05, 0) is 44.0 Å². The van der Waals surface area contributed by atoms with Crippen LogP contribution in [-0.2, 0) is 16.6 Å². The zero-order chi connectivity index (χ0) is 16.6. The lowest BCUT2D eigenvalue weighted by atomic mass is 10.1. The van der Waals surface area contributed by atoms with Crippen molar-refractivity contribution in [2.75, 3.05) is 6.54 Å². The van der Waals surface area contributed by atoms with Crippen LogP contribution in [0, 0.1) is 11.6 Å². The van der Waals surface area contributed by atoms with Crippen LogP contribution in [0.1, 0.15) is 31.5 Å². The Labute approximate surface area is 133 Å². The highest BCUT2D eigenvalue weighted by atomic mass is 32.2. The molecule has 0 spiro atoms. The van der Waals surface area contributed by atoms with Gasteiger partial charge in [0.2, 0.25) is 10.0 Å². The van der Waals surface area contributed by atoms with Crippen LogP contribution in [0.3, 0.4) is 0 Å². The van der Waals surface area contributed by atoms with Crippen LogP contribution in [0.2, 0.25) is 0 Å². The molecular formula is C15H17F2N3O2S. The molecule has 0 aliphatic carbocycles. The highest BCUT2D eigenvalue weighted by Gasteiger charge is 2.39. The van der Waals surface area contributed by atoms with Gasteiger partial charge in [-0.1, -0.05) is 0 Å². The van der Waals surface area contributed by atoms with Crippen LogP contribution in [-0.4, -0.2) is 29.0 Å². The fourth-order valence-electron chi connectivity index (χ4n) is 3.01. The normalized spacial score (nSPS) is 19.3. The Balaban J connectivity index is 2.03. The fourth-order valence-corrected chi connectivity index (χ4v) is 4.76. The van der Waals surface area contributed by atoms with Gasteiger partial charge in [0.05, 0.1) is 11.7 Å². The molecule has 0 N–H and O–H groups in total. The molecule has 1 atom stereocenters. The Kier molecular flexibility index (Phi) is 4.20. The molecule has 8 heteroatoms. The molecule has 1 aromatic heterocycles. The second-order valence-corrected chi connectivity index (χ2v) is 7.28. The second-order valence-electron chi connectivity index (χ2n) is 5.42. The van der Waals surface area contributed by atoms with Gasteiger partial charge in [0.1, 0.15) is 16.5 Å². The van der Waals surface area contributed by atoms with E-state index in [4.69, 9.17) is 0 Å². The smallest absolute Gasteiger partial charge is 0.246 e. The molecule has 5 nitrogen and oxygen atoms in total. The van der Waals surface area contributed by atoms with E-state index >= 15 is 0 Å². The maximum atomic E-state index is 13.9. The summed E-state index contributed by atoms with van der Waals surface area (Å²) in [5.41, 5.74) is 0.769. The number of benzene rings is 1. The average molecular weight is 341 g/mol. The Morgan fingerprint density at radius 1 is 1.30 bits per heavy atom. The zero-order valence-electron chi connectivity index (χ0n) is 12.6. The predicted octanol–water partition coefficient (Wildman–Crippen LogP) is 2.71. The highest BCUT2D eigenvalue weighted by molar-refractivity contribution is 7.89. The van der Waals surface area contributed by atoms with E-state index in [9.17, 15) is 17.2 Å². The predicted molar refractivity (Wildman–Crippen MR) is 80.1 cm³/mol. The molecule has 1 unspecified atom stereocenters. The van der Waals surface area contributed by atoms with Gasteiger partial charge in [0, 0.05) is 19.3 Å². The van der Waals surface area contributed by atoms with E-state index in [1.807, 2.05) is 6.92 Å². The van der Waals surface area contributed by atoms with Gasteiger partial charge in [0.25, 0.3) is 0 Å². The molecule has 0 bridgehead atoms. The van der Waals surface area contributed by atoms with Crippen molar-refractivity contribution < 1.29 is 17.2 Å². The minimum atomic E-state index is -4.11. The van der Waals surface area contributed by atoms with E-state index in [-0.39, 0.29) is 6.54 Å². The minimum Gasteiger partial charge on any atom is -0.268 e. The van der Waals surface area contributed by atoms with Gasteiger partial charge >= 0.3 is 0 Å². The number of halogens is 2. The molecule has 3 rings (SSSR count). The molecule has 2 aromatic rings. The maximum absolute atomic E-state index is 13.9.